The predicted octanol–water partition coefficient (Wildman–Crippen LogP) is 3.41. The van der Waals surface area contributed by atoms with Gasteiger partial charge >= 0.3 is 0 Å². The molecule has 0 spiro atoms. The van der Waals surface area contributed by atoms with Crippen molar-refractivity contribution in [1.82, 2.24) is 0 Å². The maximum absolute atomic E-state index is 13.5. The molecule has 1 atom stereocenters. The van der Waals surface area contributed by atoms with Crippen LogP contribution in [0.3, 0.4) is 0 Å². The van der Waals surface area contributed by atoms with Crippen molar-refractivity contribution in [3.63, 3.8) is 0 Å². The number of nitrogens with two attached hydrogens (primary N) is 1. The molecule has 1 aromatic rings. The van der Waals surface area contributed by atoms with Gasteiger partial charge in [0, 0.05) is 6.04 Å². The Morgan fingerprint density at radius 2 is 1.94 bits per heavy atom. The van der Waals surface area contributed by atoms with Crippen molar-refractivity contribution in [3.8, 4) is 0 Å². The van der Waals surface area contributed by atoms with Crippen LogP contribution in [-0.2, 0) is 6.42 Å². The first-order valence-electron chi connectivity index (χ1n) is 6.21. The van der Waals surface area contributed by atoms with E-state index in [1.807, 2.05) is 0 Å². The minimum Gasteiger partial charge on any atom is -0.327 e. The molecule has 1 aliphatic rings. The molecule has 17 heavy (non-hydrogen) atoms. The van der Waals surface area contributed by atoms with E-state index in [1.54, 1.807) is 0 Å². The maximum Gasteiger partial charge on any atom is 0.126 e. The fourth-order valence-corrected chi connectivity index (χ4v) is 2.74. The van der Waals surface area contributed by atoms with Crippen LogP contribution in [-0.4, -0.2) is 6.04 Å². The molecule has 3 heteroatoms. The van der Waals surface area contributed by atoms with Gasteiger partial charge in [0.05, 0.1) is 0 Å². The van der Waals surface area contributed by atoms with Crippen LogP contribution in [0.2, 0.25) is 0 Å². The normalized spacial score (nSPS) is 20.5. The molecule has 0 bridgehead atoms. The Balaban J connectivity index is 2.12. The topological polar surface area (TPSA) is 26.0 Å². The quantitative estimate of drug-likeness (QED) is 0.859. The van der Waals surface area contributed by atoms with Gasteiger partial charge in [-0.1, -0.05) is 19.8 Å². The summed E-state index contributed by atoms with van der Waals surface area (Å²) in [6.45, 7) is 2.15. The van der Waals surface area contributed by atoms with Gasteiger partial charge in [0.25, 0.3) is 0 Å². The lowest BCUT2D eigenvalue weighted by Crippen LogP contribution is -2.39. The smallest absolute Gasteiger partial charge is 0.126 e. The van der Waals surface area contributed by atoms with Gasteiger partial charge in [-0.3, -0.25) is 0 Å². The number of benzene rings is 1. The molecule has 0 radical (unpaired) electrons. The summed E-state index contributed by atoms with van der Waals surface area (Å²) in [7, 11) is 0. The summed E-state index contributed by atoms with van der Waals surface area (Å²) >= 11 is 0. The Kier molecular flexibility index (Phi) is 3.48. The zero-order valence-electron chi connectivity index (χ0n) is 10.2. The van der Waals surface area contributed by atoms with Crippen molar-refractivity contribution in [2.45, 2.75) is 45.1 Å². The summed E-state index contributed by atoms with van der Waals surface area (Å²) in [5.74, 6) is -0.756. The van der Waals surface area contributed by atoms with Crippen LogP contribution in [0.5, 0.6) is 0 Å². The molecule has 2 rings (SSSR count). The second-order valence-electron chi connectivity index (χ2n) is 5.41. The average Bonchev–Trinajstić information content (AvgIpc) is 2.72. The molecule has 0 saturated heterocycles. The lowest BCUT2D eigenvalue weighted by Gasteiger charge is -2.31. The first-order valence-corrected chi connectivity index (χ1v) is 6.21. The Labute approximate surface area is 101 Å². The summed E-state index contributed by atoms with van der Waals surface area (Å²) in [5.41, 5.74) is 6.65. The fraction of sp³-hybridized carbons (Fsp3) is 0.571. The number of hydrogen-bond donors (Lipinski definition) is 1. The molecule has 1 nitrogen and oxygen atoms in total. The number of rotatable bonds is 3. The van der Waals surface area contributed by atoms with Crippen LogP contribution in [0, 0.1) is 17.0 Å². The molecule has 2 N–H and O–H groups in total. The summed E-state index contributed by atoms with van der Waals surface area (Å²) < 4.78 is 26.6. The third kappa shape index (κ3) is 2.65. The molecular formula is C14H19F2N. The monoisotopic (exact) mass is 239 g/mol. The second kappa shape index (κ2) is 4.73. The molecular weight excluding hydrogens is 220 g/mol. The van der Waals surface area contributed by atoms with E-state index >= 15 is 0 Å². The summed E-state index contributed by atoms with van der Waals surface area (Å²) in [4.78, 5) is 0. The highest BCUT2D eigenvalue weighted by Gasteiger charge is 2.35. The zero-order chi connectivity index (χ0) is 12.5. The first kappa shape index (κ1) is 12.5. The van der Waals surface area contributed by atoms with Gasteiger partial charge in [0.1, 0.15) is 11.6 Å². The molecule has 0 aromatic heterocycles. The highest BCUT2D eigenvalue weighted by molar-refractivity contribution is 5.20. The van der Waals surface area contributed by atoms with Gasteiger partial charge in [-0.25, -0.2) is 8.78 Å². The molecule has 1 aromatic carbocycles. The second-order valence-corrected chi connectivity index (χ2v) is 5.41. The molecule has 0 amide bonds. The van der Waals surface area contributed by atoms with Crippen molar-refractivity contribution in [1.29, 1.82) is 0 Å². The predicted molar refractivity (Wildman–Crippen MR) is 64.6 cm³/mol. The maximum atomic E-state index is 13.5. The van der Waals surface area contributed by atoms with Gasteiger partial charge in [0.2, 0.25) is 0 Å². The fourth-order valence-electron chi connectivity index (χ4n) is 2.74. The minimum absolute atomic E-state index is 0.0821. The third-order valence-electron chi connectivity index (χ3n) is 4.09. The van der Waals surface area contributed by atoms with Gasteiger partial charge in [-0.2, -0.15) is 0 Å². The largest absolute Gasteiger partial charge is 0.327 e. The molecule has 94 valence electrons. The van der Waals surface area contributed by atoms with Crippen molar-refractivity contribution >= 4 is 0 Å². The van der Waals surface area contributed by atoms with Crippen molar-refractivity contribution < 1.29 is 8.78 Å². The van der Waals surface area contributed by atoms with E-state index in [9.17, 15) is 8.78 Å². The third-order valence-corrected chi connectivity index (χ3v) is 4.09. The Morgan fingerprint density at radius 3 is 2.59 bits per heavy atom. The van der Waals surface area contributed by atoms with Gasteiger partial charge in [0.15, 0.2) is 0 Å². The lowest BCUT2D eigenvalue weighted by molar-refractivity contribution is 0.259. The van der Waals surface area contributed by atoms with E-state index < -0.39 is 5.82 Å². The summed E-state index contributed by atoms with van der Waals surface area (Å²) in [6, 6.07) is 3.48. The SMILES string of the molecule is CC1(C(N)Cc2cc(F)ccc2F)CCCC1. The number of halogens is 2. The van der Waals surface area contributed by atoms with Gasteiger partial charge in [-0.15, -0.1) is 0 Å². The number of hydrogen-bond acceptors (Lipinski definition) is 1. The van der Waals surface area contributed by atoms with Crippen LogP contribution in [0.15, 0.2) is 18.2 Å². The van der Waals surface area contributed by atoms with Crippen LogP contribution in [0.1, 0.15) is 38.2 Å². The Hall–Kier alpha value is -0.960. The van der Waals surface area contributed by atoms with Crippen molar-refractivity contribution in [2.24, 2.45) is 11.1 Å². The molecule has 1 unspecified atom stereocenters. The molecule has 0 aliphatic heterocycles. The summed E-state index contributed by atoms with van der Waals surface area (Å²) in [5, 5.41) is 0. The van der Waals surface area contributed by atoms with Crippen LogP contribution in [0.4, 0.5) is 8.78 Å². The molecule has 1 aliphatic carbocycles. The zero-order valence-corrected chi connectivity index (χ0v) is 10.2. The van der Waals surface area contributed by atoms with Gasteiger partial charge in [-0.05, 0) is 48.4 Å². The van der Waals surface area contributed by atoms with Gasteiger partial charge < -0.3 is 5.73 Å². The molecule has 0 heterocycles. The van der Waals surface area contributed by atoms with Crippen LogP contribution < -0.4 is 5.73 Å². The van der Waals surface area contributed by atoms with E-state index in [4.69, 9.17) is 5.73 Å². The van der Waals surface area contributed by atoms with E-state index in [-0.39, 0.29) is 17.3 Å². The van der Waals surface area contributed by atoms with Crippen molar-refractivity contribution in [2.75, 3.05) is 0 Å². The first-order chi connectivity index (χ1) is 8.01. The highest BCUT2D eigenvalue weighted by atomic mass is 19.1. The molecule has 1 saturated carbocycles. The van der Waals surface area contributed by atoms with Crippen molar-refractivity contribution in [3.05, 3.63) is 35.4 Å². The van der Waals surface area contributed by atoms with E-state index in [0.717, 1.165) is 18.9 Å². The Bertz CT molecular complexity index is 397. The summed E-state index contributed by atoms with van der Waals surface area (Å²) in [6.07, 6.45) is 4.97. The van der Waals surface area contributed by atoms with Crippen LogP contribution in [0.25, 0.3) is 0 Å². The molecule has 1 fully saturated rings. The highest BCUT2D eigenvalue weighted by Crippen LogP contribution is 2.40. The van der Waals surface area contributed by atoms with E-state index in [2.05, 4.69) is 6.92 Å². The van der Waals surface area contributed by atoms with Crippen LogP contribution >= 0.6 is 0 Å². The van der Waals surface area contributed by atoms with E-state index in [0.29, 0.717) is 12.0 Å². The lowest BCUT2D eigenvalue weighted by atomic mass is 9.78. The average molecular weight is 239 g/mol. The van der Waals surface area contributed by atoms with E-state index in [1.165, 1.54) is 25.0 Å². The standard InChI is InChI=1S/C14H19F2N/c1-14(6-2-3-7-14)13(17)9-10-8-11(15)4-5-12(10)16/h4-5,8,13H,2-3,6-7,9,17H2,1H3. The Morgan fingerprint density at radius 1 is 1.29 bits per heavy atom. The minimum atomic E-state index is -0.398.